The summed E-state index contributed by atoms with van der Waals surface area (Å²) in [7, 11) is 3.16. The summed E-state index contributed by atoms with van der Waals surface area (Å²) in [5, 5.41) is 5.54. The number of hydrogen-bond donors (Lipinski definition) is 1. The predicted octanol–water partition coefficient (Wildman–Crippen LogP) is 3.32. The highest BCUT2D eigenvalue weighted by Crippen LogP contribution is 2.32. The molecule has 1 aliphatic rings. The number of aromatic nitrogens is 1. The van der Waals surface area contributed by atoms with Gasteiger partial charge in [-0.25, -0.2) is 4.98 Å². The molecule has 8 nitrogen and oxygen atoms in total. The molecule has 1 N–H and O–H groups in total. The van der Waals surface area contributed by atoms with Gasteiger partial charge in [0.25, 0.3) is 5.91 Å². The molecule has 1 aromatic heterocycles. The highest BCUT2D eigenvalue weighted by molar-refractivity contribution is 7.14. The summed E-state index contributed by atoms with van der Waals surface area (Å²) >= 11 is 1.36. The van der Waals surface area contributed by atoms with Crippen LogP contribution in [0.5, 0.6) is 11.5 Å². The largest absolute Gasteiger partial charge is 0.493 e. The van der Waals surface area contributed by atoms with Crippen LogP contribution in [0.4, 0.5) is 10.8 Å². The van der Waals surface area contributed by atoms with Crippen molar-refractivity contribution in [2.75, 3.05) is 39.2 Å². The maximum absolute atomic E-state index is 12.7. The van der Waals surface area contributed by atoms with Gasteiger partial charge in [0.1, 0.15) is 5.69 Å². The van der Waals surface area contributed by atoms with E-state index in [0.717, 1.165) is 5.69 Å². The van der Waals surface area contributed by atoms with Gasteiger partial charge in [0, 0.05) is 30.2 Å². The number of carbonyl (C=O) groups is 2. The van der Waals surface area contributed by atoms with Crippen molar-refractivity contribution < 1.29 is 23.8 Å². The molecule has 0 aliphatic carbocycles. The van der Waals surface area contributed by atoms with E-state index in [2.05, 4.69) is 10.3 Å². The van der Waals surface area contributed by atoms with E-state index in [0.29, 0.717) is 54.9 Å². The molecule has 1 aliphatic heterocycles. The number of methoxy groups -OCH3 is 2. The van der Waals surface area contributed by atoms with Crippen molar-refractivity contribution in [2.24, 2.45) is 5.92 Å². The molecule has 0 radical (unpaired) electrons. The Labute approximate surface area is 173 Å². The third kappa shape index (κ3) is 4.97. The number of benzene rings is 1. The summed E-state index contributed by atoms with van der Waals surface area (Å²) in [5.74, 6) is 0.824. The van der Waals surface area contributed by atoms with Crippen molar-refractivity contribution in [1.82, 2.24) is 9.88 Å². The number of anilines is 2. The fraction of sp³-hybridized carbons (Fsp3) is 0.450. The first-order valence-corrected chi connectivity index (χ1v) is 10.3. The number of nitrogens with one attached hydrogen (secondary N) is 1. The van der Waals surface area contributed by atoms with Gasteiger partial charge in [-0.15, -0.1) is 11.3 Å². The number of nitrogens with zero attached hydrogens (tertiary/aromatic N) is 2. The van der Waals surface area contributed by atoms with E-state index in [4.69, 9.17) is 14.2 Å². The third-order valence-corrected chi connectivity index (χ3v) is 5.52. The Bertz CT molecular complexity index is 862. The molecule has 29 heavy (non-hydrogen) atoms. The van der Waals surface area contributed by atoms with Crippen LogP contribution in [-0.4, -0.2) is 55.7 Å². The molecule has 1 saturated heterocycles. The van der Waals surface area contributed by atoms with Crippen molar-refractivity contribution in [2.45, 2.75) is 19.8 Å². The van der Waals surface area contributed by atoms with Gasteiger partial charge < -0.3 is 24.4 Å². The number of piperidine rings is 1. The smallest absolute Gasteiger partial charge is 0.309 e. The van der Waals surface area contributed by atoms with Gasteiger partial charge in [-0.2, -0.15) is 0 Å². The van der Waals surface area contributed by atoms with Crippen molar-refractivity contribution in [3.63, 3.8) is 0 Å². The molecule has 3 rings (SSSR count). The van der Waals surface area contributed by atoms with E-state index in [-0.39, 0.29) is 17.8 Å². The fourth-order valence-corrected chi connectivity index (χ4v) is 3.91. The van der Waals surface area contributed by atoms with Gasteiger partial charge in [0.15, 0.2) is 16.6 Å². The first-order valence-electron chi connectivity index (χ1n) is 9.46. The van der Waals surface area contributed by atoms with Gasteiger partial charge in [0.2, 0.25) is 0 Å². The second kappa shape index (κ2) is 9.60. The van der Waals surface area contributed by atoms with Crippen LogP contribution in [0.1, 0.15) is 30.3 Å². The second-order valence-electron chi connectivity index (χ2n) is 6.55. The summed E-state index contributed by atoms with van der Waals surface area (Å²) in [6.07, 6.45) is 1.23. The van der Waals surface area contributed by atoms with Gasteiger partial charge in [-0.3, -0.25) is 9.59 Å². The van der Waals surface area contributed by atoms with Gasteiger partial charge >= 0.3 is 5.97 Å². The van der Waals surface area contributed by atoms with Gasteiger partial charge in [0.05, 0.1) is 26.7 Å². The average Bonchev–Trinajstić information content (AvgIpc) is 3.21. The highest BCUT2D eigenvalue weighted by Gasteiger charge is 2.29. The summed E-state index contributed by atoms with van der Waals surface area (Å²) in [5.41, 5.74) is 1.18. The van der Waals surface area contributed by atoms with Gasteiger partial charge in [-0.1, -0.05) is 0 Å². The molecule has 0 atom stereocenters. The van der Waals surface area contributed by atoms with Crippen molar-refractivity contribution >= 4 is 34.0 Å². The van der Waals surface area contributed by atoms with E-state index in [1.165, 1.54) is 11.3 Å². The molecule has 1 amide bonds. The average molecular weight is 420 g/mol. The molecule has 9 heteroatoms. The number of esters is 1. The SMILES string of the molecule is CCOC(=O)C1CCN(C(=O)c2csc(Nc3ccc(OC)c(OC)c3)n2)CC1. The van der Waals surface area contributed by atoms with Crippen LogP contribution in [0.3, 0.4) is 0 Å². The van der Waals surface area contributed by atoms with Crippen LogP contribution in [0.15, 0.2) is 23.6 Å². The Kier molecular flexibility index (Phi) is 6.92. The summed E-state index contributed by atoms with van der Waals surface area (Å²) in [4.78, 5) is 30.7. The number of carbonyl (C=O) groups excluding carboxylic acids is 2. The fourth-order valence-electron chi connectivity index (χ4n) is 3.21. The molecule has 0 unspecified atom stereocenters. The maximum atomic E-state index is 12.7. The number of ether oxygens (including phenoxy) is 3. The molecule has 156 valence electrons. The lowest BCUT2D eigenvalue weighted by Gasteiger charge is -2.30. The van der Waals surface area contributed by atoms with Crippen LogP contribution in [0.25, 0.3) is 0 Å². The zero-order chi connectivity index (χ0) is 20.8. The second-order valence-corrected chi connectivity index (χ2v) is 7.41. The van der Waals surface area contributed by atoms with Crippen LogP contribution in [0.2, 0.25) is 0 Å². The van der Waals surface area contributed by atoms with Crippen molar-refractivity contribution in [3.8, 4) is 11.5 Å². The summed E-state index contributed by atoms with van der Waals surface area (Å²) in [6, 6.07) is 5.46. The predicted molar refractivity (Wildman–Crippen MR) is 110 cm³/mol. The molecular weight excluding hydrogens is 394 g/mol. The lowest BCUT2D eigenvalue weighted by Crippen LogP contribution is -2.40. The van der Waals surface area contributed by atoms with E-state index in [1.54, 1.807) is 37.5 Å². The Morgan fingerprint density at radius 2 is 1.93 bits per heavy atom. The highest BCUT2D eigenvalue weighted by atomic mass is 32.1. The van der Waals surface area contributed by atoms with Crippen LogP contribution >= 0.6 is 11.3 Å². The van der Waals surface area contributed by atoms with Crippen LogP contribution in [-0.2, 0) is 9.53 Å². The minimum absolute atomic E-state index is 0.121. The molecule has 2 heterocycles. The Morgan fingerprint density at radius 3 is 2.59 bits per heavy atom. The molecule has 2 aromatic rings. The monoisotopic (exact) mass is 419 g/mol. The maximum Gasteiger partial charge on any atom is 0.309 e. The minimum atomic E-state index is -0.172. The first-order chi connectivity index (χ1) is 14.0. The zero-order valence-corrected chi connectivity index (χ0v) is 17.6. The van der Waals surface area contributed by atoms with Crippen LogP contribution < -0.4 is 14.8 Å². The number of likely N-dealkylation sites (tertiary alicyclic amines) is 1. The standard InChI is InChI=1S/C20H25N3O5S/c1-4-28-19(25)13-7-9-23(10-8-13)18(24)15-12-29-20(22-15)21-14-5-6-16(26-2)17(11-14)27-3/h5-6,11-13H,4,7-10H2,1-3H3,(H,21,22). The third-order valence-electron chi connectivity index (χ3n) is 4.76. The van der Waals surface area contributed by atoms with Crippen molar-refractivity contribution in [1.29, 1.82) is 0 Å². The lowest BCUT2D eigenvalue weighted by molar-refractivity contribution is -0.149. The molecule has 0 bridgehead atoms. The summed E-state index contributed by atoms with van der Waals surface area (Å²) < 4.78 is 15.6. The number of rotatable bonds is 7. The van der Waals surface area contributed by atoms with E-state index in [9.17, 15) is 9.59 Å². The van der Waals surface area contributed by atoms with Gasteiger partial charge in [-0.05, 0) is 31.9 Å². The lowest BCUT2D eigenvalue weighted by atomic mass is 9.97. The number of thiazole rings is 1. The molecule has 1 aromatic carbocycles. The Hall–Kier alpha value is -2.81. The molecule has 0 spiro atoms. The Morgan fingerprint density at radius 1 is 1.21 bits per heavy atom. The topological polar surface area (TPSA) is 90.0 Å². The zero-order valence-electron chi connectivity index (χ0n) is 16.8. The minimum Gasteiger partial charge on any atom is -0.493 e. The Balaban J connectivity index is 1.60. The molecule has 1 fully saturated rings. The normalized spacial score (nSPS) is 14.4. The van der Waals surface area contributed by atoms with Crippen molar-refractivity contribution in [3.05, 3.63) is 29.3 Å². The number of amides is 1. The van der Waals surface area contributed by atoms with E-state index in [1.807, 2.05) is 12.1 Å². The molecule has 0 saturated carbocycles. The van der Waals surface area contributed by atoms with Crippen LogP contribution in [0, 0.1) is 5.92 Å². The van der Waals surface area contributed by atoms with E-state index >= 15 is 0 Å². The summed E-state index contributed by atoms with van der Waals surface area (Å²) in [6.45, 7) is 3.23. The number of hydrogen-bond acceptors (Lipinski definition) is 8. The first kappa shape index (κ1) is 20.9. The molecular formula is C20H25N3O5S. The van der Waals surface area contributed by atoms with E-state index < -0.39 is 0 Å². The quantitative estimate of drug-likeness (QED) is 0.689.